The molecule has 0 saturated heterocycles. The van der Waals surface area contributed by atoms with Crippen molar-refractivity contribution in [1.29, 1.82) is 0 Å². The van der Waals surface area contributed by atoms with Gasteiger partial charge in [0.05, 0.1) is 0 Å². The molecule has 0 aromatic carbocycles. The Labute approximate surface area is 122 Å². The summed E-state index contributed by atoms with van der Waals surface area (Å²) in [6.07, 6.45) is -29.2. The Kier molecular flexibility index (Phi) is 4.18. The molecule has 0 fully saturated rings. The molecular weight excluding hydrogens is 415 g/mol. The van der Waals surface area contributed by atoms with Crippen LogP contribution in [0.15, 0.2) is 4.40 Å². The zero-order valence-electron chi connectivity index (χ0n) is 10.0. The molecule has 1 heterocycles. The fourth-order valence-corrected chi connectivity index (χ4v) is 3.53. The molecule has 1 aliphatic heterocycles. The lowest BCUT2D eigenvalue weighted by Gasteiger charge is -2.36. The van der Waals surface area contributed by atoms with Crippen LogP contribution in [0.1, 0.15) is 0 Å². The average molecular weight is 415 g/mol. The Morgan fingerprint density at radius 2 is 0.833 bits per heavy atom. The second kappa shape index (κ2) is 4.78. The first kappa shape index (κ1) is 21.0. The Bertz CT molecular complexity index is 520. The molecule has 0 radical (unpaired) electrons. The van der Waals surface area contributed by atoms with Crippen LogP contribution in [0.4, 0.5) is 65.4 Å². The second-order valence-electron chi connectivity index (χ2n) is 4.15. The summed E-state index contributed by atoms with van der Waals surface area (Å²) in [7, 11) is -7.38. The molecule has 1 unspecified atom stereocenters. The fourth-order valence-electron chi connectivity index (χ4n) is 1.41. The van der Waals surface area contributed by atoms with Gasteiger partial charge in [0, 0.05) is 0 Å². The van der Waals surface area contributed by atoms with E-state index < -0.39 is 51.0 Å². The summed E-state index contributed by atoms with van der Waals surface area (Å²) in [6, 6.07) is 0. The number of alkyl halides is 14. The van der Waals surface area contributed by atoms with E-state index in [4.69, 9.17) is 0 Å². The van der Waals surface area contributed by atoms with Gasteiger partial charge in [0.1, 0.15) is 10.6 Å². The predicted molar refractivity (Wildman–Crippen MR) is 48.0 cm³/mol. The lowest BCUT2D eigenvalue weighted by atomic mass is 10.1. The first-order valence-electron chi connectivity index (χ1n) is 4.86. The zero-order valence-corrected chi connectivity index (χ0v) is 10.8. The van der Waals surface area contributed by atoms with Gasteiger partial charge in [-0.3, -0.25) is 0 Å². The van der Waals surface area contributed by atoms with E-state index in [1.165, 1.54) is 0 Å². The van der Waals surface area contributed by atoms with Crippen LogP contribution in [0.25, 0.3) is 0 Å². The van der Waals surface area contributed by atoms with Gasteiger partial charge in [0.25, 0.3) is 0 Å². The maximum atomic E-state index is 13.6. The van der Waals surface area contributed by atoms with Crippen LogP contribution < -0.4 is 0 Å². The molecule has 0 spiro atoms. The summed E-state index contributed by atoms with van der Waals surface area (Å²) >= 11 is 0. The van der Waals surface area contributed by atoms with Gasteiger partial charge in [-0.15, -0.1) is 0 Å². The molecule has 17 heteroatoms. The molecule has 1 aliphatic rings. The number of hydrogen-bond acceptors (Lipinski definition) is 1. The standard InChI is InChI=1S/C7F15NS/c8-2(4(10,11)12,5(13,14)15)1-23-24(1,22)3(9,6(16,17)18)7(19,20)21. The van der Waals surface area contributed by atoms with Crippen LogP contribution in [0.3, 0.4) is 0 Å². The van der Waals surface area contributed by atoms with Crippen LogP contribution in [0, 0.1) is 0 Å². The average Bonchev–Trinajstić information content (AvgIpc) is 2.95. The topological polar surface area (TPSA) is 12.4 Å². The Hall–Kier alpha value is -1.03. The lowest BCUT2D eigenvalue weighted by Crippen LogP contribution is -2.60. The van der Waals surface area contributed by atoms with Crippen LogP contribution in [-0.2, 0) is 0 Å². The number of nitrogens with zero attached hydrogens (tertiary/aromatic N) is 1. The van der Waals surface area contributed by atoms with Crippen LogP contribution >= 0.6 is 10.6 Å². The van der Waals surface area contributed by atoms with Crippen LogP contribution in [0.5, 0.6) is 0 Å². The van der Waals surface area contributed by atoms with E-state index in [1.54, 1.807) is 0 Å². The van der Waals surface area contributed by atoms with Gasteiger partial charge in [-0.2, -0.15) is 61.0 Å². The normalized spacial score (nSPS) is 26.7. The minimum atomic E-state index is -7.38. The molecule has 0 N–H and O–H groups in total. The maximum absolute atomic E-state index is 13.6. The van der Waals surface area contributed by atoms with Crippen molar-refractivity contribution in [1.82, 2.24) is 0 Å². The van der Waals surface area contributed by atoms with E-state index in [9.17, 15) is 65.4 Å². The molecule has 0 amide bonds. The van der Waals surface area contributed by atoms with Crippen LogP contribution in [0.2, 0.25) is 0 Å². The fraction of sp³-hybridized carbons (Fsp3) is 0.857. The van der Waals surface area contributed by atoms with Gasteiger partial charge in [0.15, 0.2) is 5.04 Å². The van der Waals surface area contributed by atoms with Crippen molar-refractivity contribution in [3.8, 4) is 0 Å². The van der Waals surface area contributed by atoms with Gasteiger partial charge in [-0.1, -0.05) is 0 Å². The van der Waals surface area contributed by atoms with Crippen molar-refractivity contribution in [2.75, 3.05) is 0 Å². The molecule has 1 rings (SSSR count). The van der Waals surface area contributed by atoms with E-state index in [-0.39, 0.29) is 0 Å². The third-order valence-corrected chi connectivity index (χ3v) is 4.96. The monoisotopic (exact) mass is 415 g/mol. The minimum Gasteiger partial charge on any atom is -0.216 e. The molecule has 0 aromatic heterocycles. The highest BCUT2D eigenvalue weighted by molar-refractivity contribution is 8.48. The molecule has 0 aromatic rings. The molecule has 24 heavy (non-hydrogen) atoms. The lowest BCUT2D eigenvalue weighted by molar-refractivity contribution is -0.313. The predicted octanol–water partition coefficient (Wildman–Crippen LogP) is 5.63. The van der Waals surface area contributed by atoms with E-state index in [0.717, 1.165) is 4.40 Å². The molecule has 1 atom stereocenters. The molecular formula is C7F15NS. The van der Waals surface area contributed by atoms with Gasteiger partial charge in [-0.05, 0) is 0 Å². The number of rotatable bonds is 2. The highest BCUT2D eigenvalue weighted by atomic mass is 32.3. The van der Waals surface area contributed by atoms with E-state index in [1.807, 2.05) is 0 Å². The van der Waals surface area contributed by atoms with Crippen molar-refractivity contribution in [3.05, 3.63) is 0 Å². The van der Waals surface area contributed by atoms with Gasteiger partial charge in [0.2, 0.25) is 0 Å². The molecule has 0 saturated carbocycles. The Balaban J connectivity index is 3.58. The van der Waals surface area contributed by atoms with Crippen molar-refractivity contribution >= 4 is 15.6 Å². The SMILES string of the molecule is FC(F)(F)C(F)(C1=NS1(F)C(F)(C(F)(F)F)C(F)(F)F)C(F)(F)F. The van der Waals surface area contributed by atoms with Gasteiger partial charge >= 0.3 is 35.4 Å². The van der Waals surface area contributed by atoms with Gasteiger partial charge < -0.3 is 0 Å². The van der Waals surface area contributed by atoms with Crippen molar-refractivity contribution in [2.45, 2.75) is 35.4 Å². The second-order valence-corrected chi connectivity index (χ2v) is 6.30. The van der Waals surface area contributed by atoms with Crippen molar-refractivity contribution in [2.24, 2.45) is 4.40 Å². The van der Waals surface area contributed by atoms with E-state index >= 15 is 0 Å². The summed E-state index contributed by atoms with van der Waals surface area (Å²) in [6.45, 7) is 0. The highest BCUT2D eigenvalue weighted by Crippen LogP contribution is 2.84. The molecule has 0 bridgehead atoms. The Morgan fingerprint density at radius 3 is 1.04 bits per heavy atom. The van der Waals surface area contributed by atoms with Crippen molar-refractivity contribution < 1.29 is 65.4 Å². The summed E-state index contributed by atoms with van der Waals surface area (Å²) in [5.41, 5.74) is -7.02. The first-order chi connectivity index (χ1) is 10.1. The summed E-state index contributed by atoms with van der Waals surface area (Å²) < 4.78 is 188. The first-order valence-corrected chi connectivity index (χ1v) is 6.35. The number of halogens is 15. The smallest absolute Gasteiger partial charge is 0.216 e. The van der Waals surface area contributed by atoms with Gasteiger partial charge in [-0.25, -0.2) is 8.78 Å². The van der Waals surface area contributed by atoms with Crippen molar-refractivity contribution in [3.63, 3.8) is 0 Å². The van der Waals surface area contributed by atoms with Crippen LogP contribution in [-0.4, -0.2) is 40.4 Å². The third-order valence-electron chi connectivity index (χ3n) is 2.61. The van der Waals surface area contributed by atoms with E-state index in [0.29, 0.717) is 0 Å². The molecule has 144 valence electrons. The highest BCUT2D eigenvalue weighted by Gasteiger charge is 2.93. The quantitative estimate of drug-likeness (QED) is 0.519. The third kappa shape index (κ3) is 2.40. The molecule has 0 aliphatic carbocycles. The Morgan fingerprint density at radius 1 is 0.542 bits per heavy atom. The maximum Gasteiger partial charge on any atom is 0.444 e. The molecule has 1 nitrogen and oxygen atoms in total. The summed E-state index contributed by atoms with van der Waals surface area (Å²) in [5.74, 6) is 0. The minimum absolute atomic E-state index is 1.10. The summed E-state index contributed by atoms with van der Waals surface area (Å²) in [5, 5.41) is -11.1. The summed E-state index contributed by atoms with van der Waals surface area (Å²) in [4.78, 5) is 0. The zero-order chi connectivity index (χ0) is 19.8. The van der Waals surface area contributed by atoms with E-state index in [2.05, 4.69) is 0 Å². The largest absolute Gasteiger partial charge is 0.444 e. The number of hydrogen-bond donors (Lipinski definition) is 0.